The summed E-state index contributed by atoms with van der Waals surface area (Å²) < 4.78 is 5.29. The van der Waals surface area contributed by atoms with E-state index in [2.05, 4.69) is 16.0 Å². The van der Waals surface area contributed by atoms with Gasteiger partial charge in [0.1, 0.15) is 6.10 Å². The summed E-state index contributed by atoms with van der Waals surface area (Å²) in [6.45, 7) is 5.73. The van der Waals surface area contributed by atoms with E-state index >= 15 is 0 Å². The van der Waals surface area contributed by atoms with Crippen molar-refractivity contribution in [1.29, 1.82) is 0 Å². The summed E-state index contributed by atoms with van der Waals surface area (Å²) >= 11 is 1.91. The molecule has 2 aliphatic rings. The highest BCUT2D eigenvalue weighted by Crippen LogP contribution is 2.33. The topological polar surface area (TPSA) is 79.5 Å². The van der Waals surface area contributed by atoms with Gasteiger partial charge in [-0.1, -0.05) is 0 Å². The average molecular weight is 315 g/mol. The van der Waals surface area contributed by atoms with Gasteiger partial charge in [-0.3, -0.25) is 0 Å². The number of ether oxygens (including phenoxy) is 1. The van der Waals surface area contributed by atoms with Gasteiger partial charge in [-0.2, -0.15) is 11.8 Å². The normalized spacial score (nSPS) is 28.8. The molecule has 0 saturated carbocycles. The van der Waals surface area contributed by atoms with Gasteiger partial charge in [0.2, 0.25) is 0 Å². The maximum Gasteiger partial charge on any atom is 0.407 e. The molecule has 2 saturated heterocycles. The van der Waals surface area contributed by atoms with Gasteiger partial charge in [0.05, 0.1) is 12.1 Å². The molecule has 2 heterocycles. The number of hydrogen-bond acceptors (Lipinski definition) is 4. The van der Waals surface area contributed by atoms with E-state index in [0.29, 0.717) is 5.25 Å². The molecule has 0 spiro atoms. The number of carbonyl (C=O) groups excluding carboxylic acids is 2. The van der Waals surface area contributed by atoms with Crippen molar-refractivity contribution < 1.29 is 14.3 Å². The summed E-state index contributed by atoms with van der Waals surface area (Å²) in [5.41, 5.74) is 0. The van der Waals surface area contributed by atoms with Crippen molar-refractivity contribution in [2.75, 3.05) is 5.75 Å². The summed E-state index contributed by atoms with van der Waals surface area (Å²) in [6.07, 6.45) is 2.45. The van der Waals surface area contributed by atoms with Crippen molar-refractivity contribution in [3.8, 4) is 0 Å². The van der Waals surface area contributed by atoms with Crippen LogP contribution in [0.15, 0.2) is 0 Å². The van der Waals surface area contributed by atoms with E-state index < -0.39 is 0 Å². The van der Waals surface area contributed by atoms with Gasteiger partial charge in [0.25, 0.3) is 0 Å². The van der Waals surface area contributed by atoms with Crippen molar-refractivity contribution in [2.24, 2.45) is 0 Å². The zero-order valence-electron chi connectivity index (χ0n) is 12.8. The molecule has 0 aromatic rings. The number of hydrogen-bond donors (Lipinski definition) is 3. The Morgan fingerprint density at radius 2 is 2.19 bits per heavy atom. The zero-order chi connectivity index (χ0) is 15.4. The van der Waals surface area contributed by atoms with E-state index in [9.17, 15) is 9.59 Å². The van der Waals surface area contributed by atoms with E-state index in [1.807, 2.05) is 32.5 Å². The predicted octanol–water partition coefficient (Wildman–Crippen LogP) is 1.85. The summed E-state index contributed by atoms with van der Waals surface area (Å²) in [6, 6.07) is 0.577. The van der Waals surface area contributed by atoms with Crippen LogP contribution < -0.4 is 16.0 Å². The molecule has 4 atom stereocenters. The van der Waals surface area contributed by atoms with E-state index in [1.54, 1.807) is 0 Å². The predicted molar refractivity (Wildman–Crippen MR) is 83.6 cm³/mol. The van der Waals surface area contributed by atoms with Crippen LogP contribution in [-0.4, -0.2) is 47.4 Å². The molecular formula is C14H25N3O3S. The van der Waals surface area contributed by atoms with Crippen LogP contribution in [0.2, 0.25) is 0 Å². The molecule has 0 radical (unpaired) electrons. The monoisotopic (exact) mass is 315 g/mol. The van der Waals surface area contributed by atoms with Gasteiger partial charge in [-0.25, -0.2) is 9.59 Å². The lowest BCUT2D eigenvalue weighted by atomic mass is 10.0. The fourth-order valence-electron chi connectivity index (χ4n) is 2.76. The second kappa shape index (κ2) is 7.24. The molecular weight excluding hydrogens is 290 g/mol. The first kappa shape index (κ1) is 16.3. The molecule has 3 amide bonds. The Balaban J connectivity index is 1.63. The van der Waals surface area contributed by atoms with Crippen molar-refractivity contribution in [3.05, 3.63) is 0 Å². The lowest BCUT2D eigenvalue weighted by Crippen LogP contribution is -2.37. The van der Waals surface area contributed by atoms with Gasteiger partial charge in [0, 0.05) is 17.0 Å². The molecule has 2 rings (SSSR count). The van der Waals surface area contributed by atoms with Gasteiger partial charge < -0.3 is 20.7 Å². The Morgan fingerprint density at radius 1 is 1.43 bits per heavy atom. The first-order valence-corrected chi connectivity index (χ1v) is 8.66. The van der Waals surface area contributed by atoms with E-state index in [-0.39, 0.29) is 36.4 Å². The number of carbonyl (C=O) groups is 2. The number of fused-ring (bicyclic) bond motifs is 1. The Kier molecular flexibility index (Phi) is 5.61. The van der Waals surface area contributed by atoms with Gasteiger partial charge in [-0.15, -0.1) is 0 Å². The quantitative estimate of drug-likeness (QED) is 0.654. The molecule has 3 N–H and O–H groups in total. The fraction of sp³-hybridized carbons (Fsp3) is 0.857. The van der Waals surface area contributed by atoms with E-state index in [1.165, 1.54) is 0 Å². The molecule has 1 unspecified atom stereocenters. The standard InChI is InChI=1S/C14H25N3O3S/c1-8(2)15-14(19)20-9(3)5-4-6-11-12-10(7-21-11)16-13(18)17-12/h8-12H,4-7H2,1-3H3,(H,15,19)(H2,16,17,18)/t9?,10-,11-,12-/m0/s1. The maximum absolute atomic E-state index is 11.5. The Bertz CT molecular complexity index is 392. The van der Waals surface area contributed by atoms with Crippen LogP contribution >= 0.6 is 11.8 Å². The highest BCUT2D eigenvalue weighted by molar-refractivity contribution is 8.00. The molecule has 2 aliphatic heterocycles. The second-order valence-electron chi connectivity index (χ2n) is 6.07. The SMILES string of the molecule is CC(C)NC(=O)OC(C)CCC[C@@H]1SC[C@@H]2NC(=O)N[C@@H]21. The Hall–Kier alpha value is -1.11. The highest BCUT2D eigenvalue weighted by Gasteiger charge is 2.42. The molecule has 7 heteroatoms. The second-order valence-corrected chi connectivity index (χ2v) is 7.34. The molecule has 0 aromatic heterocycles. The lowest BCUT2D eigenvalue weighted by Gasteiger charge is -2.18. The largest absolute Gasteiger partial charge is 0.447 e. The number of thioether (sulfide) groups is 1. The van der Waals surface area contributed by atoms with Crippen LogP contribution in [0.3, 0.4) is 0 Å². The van der Waals surface area contributed by atoms with Gasteiger partial charge >= 0.3 is 12.1 Å². The third-order valence-electron chi connectivity index (χ3n) is 3.75. The van der Waals surface area contributed by atoms with Crippen molar-refractivity contribution in [3.63, 3.8) is 0 Å². The number of urea groups is 1. The van der Waals surface area contributed by atoms with Crippen LogP contribution in [0.1, 0.15) is 40.0 Å². The zero-order valence-corrected chi connectivity index (χ0v) is 13.7. The summed E-state index contributed by atoms with van der Waals surface area (Å²) in [5.74, 6) is 0.983. The third-order valence-corrected chi connectivity index (χ3v) is 5.26. The summed E-state index contributed by atoms with van der Waals surface area (Å²) in [4.78, 5) is 22.8. The van der Waals surface area contributed by atoms with E-state index in [0.717, 1.165) is 25.0 Å². The van der Waals surface area contributed by atoms with Crippen molar-refractivity contribution in [2.45, 2.75) is 69.5 Å². The Labute approximate surface area is 130 Å². The smallest absolute Gasteiger partial charge is 0.407 e. The number of alkyl carbamates (subject to hydrolysis) is 1. The minimum Gasteiger partial charge on any atom is -0.447 e. The van der Waals surface area contributed by atoms with Gasteiger partial charge in [-0.05, 0) is 40.0 Å². The highest BCUT2D eigenvalue weighted by atomic mass is 32.2. The molecule has 0 bridgehead atoms. The third kappa shape index (κ3) is 4.69. The molecule has 120 valence electrons. The minimum atomic E-state index is -0.347. The maximum atomic E-state index is 11.5. The van der Waals surface area contributed by atoms with Crippen LogP contribution in [0, 0.1) is 0 Å². The minimum absolute atomic E-state index is 0.0441. The van der Waals surface area contributed by atoms with Crippen LogP contribution in [0.4, 0.5) is 9.59 Å². The summed E-state index contributed by atoms with van der Waals surface area (Å²) in [5, 5.41) is 9.12. The van der Waals surface area contributed by atoms with Gasteiger partial charge in [0.15, 0.2) is 0 Å². The van der Waals surface area contributed by atoms with Crippen LogP contribution in [0.25, 0.3) is 0 Å². The number of amides is 3. The number of rotatable bonds is 6. The van der Waals surface area contributed by atoms with Crippen LogP contribution in [0.5, 0.6) is 0 Å². The molecule has 21 heavy (non-hydrogen) atoms. The van der Waals surface area contributed by atoms with E-state index in [4.69, 9.17) is 4.74 Å². The lowest BCUT2D eigenvalue weighted by molar-refractivity contribution is 0.0986. The fourth-order valence-corrected chi connectivity index (χ4v) is 4.30. The molecule has 6 nitrogen and oxygen atoms in total. The first-order valence-electron chi connectivity index (χ1n) is 7.61. The summed E-state index contributed by atoms with van der Waals surface area (Å²) in [7, 11) is 0. The molecule has 0 aliphatic carbocycles. The average Bonchev–Trinajstić information content (AvgIpc) is 2.88. The van der Waals surface area contributed by atoms with Crippen LogP contribution in [-0.2, 0) is 4.74 Å². The molecule has 2 fully saturated rings. The first-order chi connectivity index (χ1) is 9.95. The Morgan fingerprint density at radius 3 is 2.90 bits per heavy atom. The molecule has 0 aromatic carbocycles. The van der Waals surface area contributed by atoms with Crippen molar-refractivity contribution in [1.82, 2.24) is 16.0 Å². The van der Waals surface area contributed by atoms with Crippen molar-refractivity contribution >= 4 is 23.9 Å². The number of nitrogens with one attached hydrogen (secondary N) is 3.